The molecule has 0 spiro atoms. The molecule has 1 unspecified atom stereocenters. The van der Waals surface area contributed by atoms with E-state index < -0.39 is 0 Å². The van der Waals surface area contributed by atoms with Crippen LogP contribution in [0, 0.1) is 0 Å². The number of carbonyl (C=O) groups excluding carboxylic acids is 2. The van der Waals surface area contributed by atoms with Gasteiger partial charge in [0.25, 0.3) is 5.91 Å². The van der Waals surface area contributed by atoms with E-state index in [1.54, 1.807) is 7.11 Å². The maximum atomic E-state index is 12.8. The Morgan fingerprint density at radius 2 is 1.59 bits per heavy atom. The van der Waals surface area contributed by atoms with Crippen LogP contribution in [0.5, 0.6) is 5.75 Å². The lowest BCUT2D eigenvalue weighted by atomic mass is 10.1. The summed E-state index contributed by atoms with van der Waals surface area (Å²) in [6, 6.07) is 28.4. The summed E-state index contributed by atoms with van der Waals surface area (Å²) in [5.41, 5.74) is 2.01. The van der Waals surface area contributed by atoms with Crippen LogP contribution in [0.3, 0.4) is 0 Å². The second kappa shape index (κ2) is 10.9. The summed E-state index contributed by atoms with van der Waals surface area (Å²) < 4.78 is 5.16. The summed E-state index contributed by atoms with van der Waals surface area (Å²) in [4.78, 5) is 26.5. The highest BCUT2D eigenvalue weighted by Crippen LogP contribution is 2.29. The van der Waals surface area contributed by atoms with Crippen molar-refractivity contribution in [1.29, 1.82) is 0 Å². The largest absolute Gasteiger partial charge is 0.497 e. The number of hydrogen-bond acceptors (Lipinski definition) is 4. The molecule has 0 heterocycles. The minimum Gasteiger partial charge on any atom is -0.497 e. The van der Waals surface area contributed by atoms with Gasteiger partial charge in [0.1, 0.15) is 5.75 Å². The molecule has 0 fully saturated rings. The number of nitrogens with one attached hydrogen (secondary N) is 2. The van der Waals surface area contributed by atoms with E-state index in [2.05, 4.69) is 10.6 Å². The topological polar surface area (TPSA) is 67.4 Å². The van der Waals surface area contributed by atoms with E-state index in [-0.39, 0.29) is 17.1 Å². The summed E-state index contributed by atoms with van der Waals surface area (Å²) in [6.07, 6.45) is 0.667. The van der Waals surface area contributed by atoms with E-state index in [4.69, 9.17) is 4.74 Å². The molecule has 172 valence electrons. The molecule has 2 amide bonds. The van der Waals surface area contributed by atoms with Crippen molar-refractivity contribution in [2.75, 3.05) is 17.7 Å². The van der Waals surface area contributed by atoms with Gasteiger partial charge in [-0.05, 0) is 71.8 Å². The first-order valence-corrected chi connectivity index (χ1v) is 12.0. The van der Waals surface area contributed by atoms with Gasteiger partial charge in [-0.3, -0.25) is 9.59 Å². The number of ether oxygens (including phenoxy) is 1. The third-order valence-corrected chi connectivity index (χ3v) is 6.76. The third-order valence-electron chi connectivity index (χ3n) is 5.40. The molecule has 0 aliphatic rings. The molecule has 0 bridgehead atoms. The van der Waals surface area contributed by atoms with Crippen LogP contribution >= 0.6 is 11.8 Å². The van der Waals surface area contributed by atoms with Gasteiger partial charge < -0.3 is 15.4 Å². The molecule has 0 aromatic heterocycles. The lowest BCUT2D eigenvalue weighted by molar-refractivity contribution is -0.115. The Morgan fingerprint density at radius 1 is 0.824 bits per heavy atom. The fraction of sp³-hybridized carbons (Fsp3) is 0.143. The lowest BCUT2D eigenvalue weighted by Crippen LogP contribution is -2.24. The van der Waals surface area contributed by atoms with Crippen LogP contribution in [-0.2, 0) is 4.79 Å². The van der Waals surface area contributed by atoms with Crippen LogP contribution in [0.15, 0.2) is 95.9 Å². The normalized spacial score (nSPS) is 11.6. The van der Waals surface area contributed by atoms with Gasteiger partial charge in [-0.25, -0.2) is 0 Å². The SMILES string of the molecule is CCC(Sc1cccc(NC(=O)c2ccc3ccccc3c2)c1)C(=O)Nc1ccc(OC)cc1. The van der Waals surface area contributed by atoms with Gasteiger partial charge in [0.15, 0.2) is 0 Å². The number of anilines is 2. The molecule has 5 nitrogen and oxygen atoms in total. The minimum atomic E-state index is -0.270. The quantitative estimate of drug-likeness (QED) is 0.284. The zero-order chi connectivity index (χ0) is 23.9. The van der Waals surface area contributed by atoms with Crippen molar-refractivity contribution in [1.82, 2.24) is 0 Å². The fourth-order valence-electron chi connectivity index (χ4n) is 3.56. The highest BCUT2D eigenvalue weighted by molar-refractivity contribution is 8.00. The predicted molar refractivity (Wildman–Crippen MR) is 140 cm³/mol. The van der Waals surface area contributed by atoms with Crippen molar-refractivity contribution in [3.8, 4) is 5.75 Å². The number of fused-ring (bicyclic) bond motifs is 1. The smallest absolute Gasteiger partial charge is 0.255 e. The molecule has 6 heteroatoms. The fourth-order valence-corrected chi connectivity index (χ4v) is 4.58. The predicted octanol–water partition coefficient (Wildman–Crippen LogP) is 6.61. The van der Waals surface area contributed by atoms with Crippen molar-refractivity contribution in [2.24, 2.45) is 0 Å². The Hall–Kier alpha value is -3.77. The molecular weight excluding hydrogens is 444 g/mol. The third kappa shape index (κ3) is 5.77. The average molecular weight is 471 g/mol. The second-order valence-corrected chi connectivity index (χ2v) is 9.05. The molecule has 4 aromatic carbocycles. The van der Waals surface area contributed by atoms with E-state index in [0.717, 1.165) is 27.1 Å². The standard InChI is InChI=1S/C28H26N2O3S/c1-3-26(28(32)29-22-13-15-24(33-2)16-14-22)34-25-10-6-9-23(18-25)30-27(31)21-12-11-19-7-4-5-8-20(19)17-21/h4-18,26H,3H2,1-2H3,(H,29,32)(H,30,31). The van der Waals surface area contributed by atoms with Gasteiger partial charge in [0.05, 0.1) is 12.4 Å². The Morgan fingerprint density at radius 3 is 2.32 bits per heavy atom. The van der Waals surface area contributed by atoms with Crippen LogP contribution in [0.1, 0.15) is 23.7 Å². The summed E-state index contributed by atoms with van der Waals surface area (Å²) in [5.74, 6) is 0.502. The van der Waals surface area contributed by atoms with Crippen LogP contribution < -0.4 is 15.4 Å². The monoisotopic (exact) mass is 470 g/mol. The lowest BCUT2D eigenvalue weighted by Gasteiger charge is -2.16. The molecular formula is C28H26N2O3S. The van der Waals surface area contributed by atoms with Crippen LogP contribution in [-0.4, -0.2) is 24.2 Å². The molecule has 0 saturated carbocycles. The molecule has 0 radical (unpaired) electrons. The molecule has 4 aromatic rings. The first-order chi connectivity index (χ1) is 16.6. The van der Waals surface area contributed by atoms with Crippen molar-refractivity contribution in [3.63, 3.8) is 0 Å². The number of hydrogen-bond donors (Lipinski definition) is 2. The van der Waals surface area contributed by atoms with Gasteiger partial charge in [-0.15, -0.1) is 11.8 Å². The van der Waals surface area contributed by atoms with E-state index >= 15 is 0 Å². The Kier molecular flexibility index (Phi) is 7.50. The van der Waals surface area contributed by atoms with E-state index in [0.29, 0.717) is 17.7 Å². The number of amides is 2. The number of benzene rings is 4. The summed E-state index contributed by atoms with van der Waals surface area (Å²) in [6.45, 7) is 1.98. The Balaban J connectivity index is 1.41. The molecule has 0 aliphatic carbocycles. The van der Waals surface area contributed by atoms with Crippen molar-refractivity contribution >= 4 is 45.7 Å². The highest BCUT2D eigenvalue weighted by atomic mass is 32.2. The zero-order valence-electron chi connectivity index (χ0n) is 19.1. The van der Waals surface area contributed by atoms with Gasteiger partial charge >= 0.3 is 0 Å². The van der Waals surface area contributed by atoms with Crippen LogP contribution in [0.4, 0.5) is 11.4 Å². The molecule has 34 heavy (non-hydrogen) atoms. The maximum absolute atomic E-state index is 12.8. The minimum absolute atomic E-state index is 0.0664. The average Bonchev–Trinajstić information content (AvgIpc) is 2.87. The number of thioether (sulfide) groups is 1. The number of methoxy groups -OCH3 is 1. The first-order valence-electron chi connectivity index (χ1n) is 11.1. The van der Waals surface area contributed by atoms with E-state index in [9.17, 15) is 9.59 Å². The Labute approximate surface area is 203 Å². The molecule has 0 saturated heterocycles. The van der Waals surface area contributed by atoms with Crippen LogP contribution in [0.25, 0.3) is 10.8 Å². The van der Waals surface area contributed by atoms with Crippen molar-refractivity contribution in [3.05, 3.63) is 96.6 Å². The van der Waals surface area contributed by atoms with E-state index in [1.807, 2.05) is 97.9 Å². The second-order valence-electron chi connectivity index (χ2n) is 7.78. The van der Waals surface area contributed by atoms with E-state index in [1.165, 1.54) is 11.8 Å². The van der Waals surface area contributed by atoms with Crippen LogP contribution in [0.2, 0.25) is 0 Å². The van der Waals surface area contributed by atoms with Gasteiger partial charge in [0, 0.05) is 21.8 Å². The zero-order valence-corrected chi connectivity index (χ0v) is 19.9. The number of rotatable bonds is 8. The van der Waals surface area contributed by atoms with Gasteiger partial charge in [0.2, 0.25) is 5.91 Å². The molecule has 2 N–H and O–H groups in total. The molecule has 4 rings (SSSR count). The summed E-state index contributed by atoms with van der Waals surface area (Å²) >= 11 is 1.47. The van der Waals surface area contributed by atoms with Gasteiger partial charge in [-0.1, -0.05) is 43.3 Å². The Bertz CT molecular complexity index is 1300. The highest BCUT2D eigenvalue weighted by Gasteiger charge is 2.18. The van der Waals surface area contributed by atoms with Gasteiger partial charge in [-0.2, -0.15) is 0 Å². The maximum Gasteiger partial charge on any atom is 0.255 e. The summed E-state index contributed by atoms with van der Waals surface area (Å²) in [5, 5.41) is 7.78. The summed E-state index contributed by atoms with van der Waals surface area (Å²) in [7, 11) is 1.61. The van der Waals surface area contributed by atoms with Crippen molar-refractivity contribution < 1.29 is 14.3 Å². The first kappa shape index (κ1) is 23.4. The molecule has 0 aliphatic heterocycles. The molecule has 1 atom stereocenters. The number of carbonyl (C=O) groups is 2. The van der Waals surface area contributed by atoms with Crippen molar-refractivity contribution in [2.45, 2.75) is 23.5 Å².